The summed E-state index contributed by atoms with van der Waals surface area (Å²) in [7, 11) is 3.72. The molecule has 0 amide bonds. The number of aliphatic hydroxyl groups excluding tert-OH is 1. The van der Waals surface area contributed by atoms with Crippen LogP contribution in [0.1, 0.15) is 12.0 Å². The maximum Gasteiger partial charge on any atom is 0.119 e. The van der Waals surface area contributed by atoms with E-state index in [1.807, 2.05) is 13.1 Å². The maximum absolute atomic E-state index is 8.88. The van der Waals surface area contributed by atoms with Gasteiger partial charge in [-0.3, -0.25) is 0 Å². The molecule has 0 unspecified atom stereocenters. The summed E-state index contributed by atoms with van der Waals surface area (Å²) in [5.41, 5.74) is 2.47. The Morgan fingerprint density at radius 1 is 1.38 bits per heavy atom. The fraction of sp³-hybridized carbons (Fsp3) is 0.385. The van der Waals surface area contributed by atoms with Gasteiger partial charge >= 0.3 is 0 Å². The fourth-order valence-corrected chi connectivity index (χ4v) is 2.05. The van der Waals surface area contributed by atoms with Gasteiger partial charge in [0.25, 0.3) is 0 Å². The summed E-state index contributed by atoms with van der Waals surface area (Å²) in [6.45, 7) is 0.236. The first kappa shape index (κ1) is 11.0. The molecule has 0 saturated carbocycles. The van der Waals surface area contributed by atoms with E-state index >= 15 is 0 Å². The van der Waals surface area contributed by atoms with Gasteiger partial charge in [0.15, 0.2) is 0 Å². The Morgan fingerprint density at radius 2 is 2.19 bits per heavy atom. The molecule has 1 aromatic carbocycles. The van der Waals surface area contributed by atoms with E-state index in [-0.39, 0.29) is 6.61 Å². The van der Waals surface area contributed by atoms with E-state index in [0.717, 1.165) is 18.6 Å². The van der Waals surface area contributed by atoms with E-state index in [0.29, 0.717) is 0 Å². The van der Waals surface area contributed by atoms with Crippen molar-refractivity contribution in [2.45, 2.75) is 12.8 Å². The van der Waals surface area contributed by atoms with Crippen LogP contribution in [0.25, 0.3) is 10.9 Å². The van der Waals surface area contributed by atoms with Gasteiger partial charge in [-0.2, -0.15) is 0 Å². The predicted octanol–water partition coefficient (Wildman–Crippen LogP) is 2.11. The van der Waals surface area contributed by atoms with Crippen molar-refractivity contribution in [3.63, 3.8) is 0 Å². The molecule has 0 aliphatic rings. The highest BCUT2D eigenvalue weighted by Crippen LogP contribution is 2.26. The second-order valence-electron chi connectivity index (χ2n) is 3.98. The standard InChI is InChI=1S/C13H17NO2/c1-14-9-10(4-3-7-15)12-8-11(16-2)5-6-13(12)14/h5-6,8-9,15H,3-4,7H2,1-2H3. The summed E-state index contributed by atoms with van der Waals surface area (Å²) in [5.74, 6) is 0.879. The van der Waals surface area contributed by atoms with E-state index in [4.69, 9.17) is 9.84 Å². The van der Waals surface area contributed by atoms with Crippen LogP contribution >= 0.6 is 0 Å². The van der Waals surface area contributed by atoms with Crippen LogP contribution in [-0.2, 0) is 13.5 Å². The van der Waals surface area contributed by atoms with Crippen molar-refractivity contribution >= 4 is 10.9 Å². The SMILES string of the molecule is COc1ccc2c(c1)c(CCCO)cn2C. The molecule has 0 aliphatic carbocycles. The molecule has 0 bridgehead atoms. The number of aryl methyl sites for hydroxylation is 2. The predicted molar refractivity (Wildman–Crippen MR) is 64.9 cm³/mol. The van der Waals surface area contributed by atoms with Crippen molar-refractivity contribution in [2.24, 2.45) is 7.05 Å². The minimum Gasteiger partial charge on any atom is -0.497 e. The lowest BCUT2D eigenvalue weighted by Gasteiger charge is -2.01. The van der Waals surface area contributed by atoms with Gasteiger partial charge in [-0.05, 0) is 36.6 Å². The smallest absolute Gasteiger partial charge is 0.119 e. The van der Waals surface area contributed by atoms with E-state index in [9.17, 15) is 0 Å². The summed E-state index contributed by atoms with van der Waals surface area (Å²) < 4.78 is 7.34. The average Bonchev–Trinajstić information content (AvgIpc) is 2.63. The molecule has 3 heteroatoms. The molecule has 0 spiro atoms. The van der Waals surface area contributed by atoms with Gasteiger partial charge < -0.3 is 14.4 Å². The van der Waals surface area contributed by atoms with Crippen LogP contribution in [0.2, 0.25) is 0 Å². The average molecular weight is 219 g/mol. The number of methoxy groups -OCH3 is 1. The Kier molecular flexibility index (Phi) is 3.15. The largest absolute Gasteiger partial charge is 0.497 e. The first-order valence-corrected chi connectivity index (χ1v) is 5.49. The Hall–Kier alpha value is -1.48. The van der Waals surface area contributed by atoms with Crippen LogP contribution in [0, 0.1) is 0 Å². The van der Waals surface area contributed by atoms with Gasteiger partial charge in [0, 0.05) is 30.8 Å². The first-order valence-electron chi connectivity index (χ1n) is 5.49. The molecule has 1 N–H and O–H groups in total. The summed E-state index contributed by atoms with van der Waals surface area (Å²) in [6.07, 6.45) is 3.83. The number of fused-ring (bicyclic) bond motifs is 1. The van der Waals surface area contributed by atoms with Crippen molar-refractivity contribution in [3.8, 4) is 5.75 Å². The zero-order valence-corrected chi connectivity index (χ0v) is 9.73. The lowest BCUT2D eigenvalue weighted by molar-refractivity contribution is 0.288. The number of hydrogen-bond donors (Lipinski definition) is 1. The van der Waals surface area contributed by atoms with Crippen molar-refractivity contribution < 1.29 is 9.84 Å². The molecule has 2 aromatic rings. The zero-order valence-electron chi connectivity index (χ0n) is 9.73. The highest BCUT2D eigenvalue weighted by atomic mass is 16.5. The molecule has 0 saturated heterocycles. The number of rotatable bonds is 4. The molecule has 3 nitrogen and oxygen atoms in total. The second-order valence-corrected chi connectivity index (χ2v) is 3.98. The molecular weight excluding hydrogens is 202 g/mol. The van der Waals surface area contributed by atoms with Gasteiger partial charge in [-0.1, -0.05) is 0 Å². The summed E-state index contributed by atoms with van der Waals surface area (Å²) >= 11 is 0. The molecular formula is C13H17NO2. The van der Waals surface area contributed by atoms with Crippen molar-refractivity contribution in [1.82, 2.24) is 4.57 Å². The molecule has 86 valence electrons. The Morgan fingerprint density at radius 3 is 2.88 bits per heavy atom. The molecule has 0 aliphatic heterocycles. The zero-order chi connectivity index (χ0) is 11.5. The number of benzene rings is 1. The van der Waals surface area contributed by atoms with E-state index < -0.39 is 0 Å². The third-order valence-corrected chi connectivity index (χ3v) is 2.88. The molecule has 1 heterocycles. The molecule has 2 rings (SSSR count). The van der Waals surface area contributed by atoms with Crippen molar-refractivity contribution in [2.75, 3.05) is 13.7 Å². The van der Waals surface area contributed by atoms with Crippen molar-refractivity contribution in [1.29, 1.82) is 0 Å². The second kappa shape index (κ2) is 4.58. The first-order chi connectivity index (χ1) is 7.76. The number of aromatic nitrogens is 1. The topological polar surface area (TPSA) is 34.4 Å². The van der Waals surface area contributed by atoms with Crippen LogP contribution < -0.4 is 4.74 Å². The van der Waals surface area contributed by atoms with Gasteiger partial charge in [0.05, 0.1) is 7.11 Å². The molecule has 0 atom stereocenters. The Bertz CT molecular complexity index is 488. The molecule has 1 aromatic heterocycles. The summed E-state index contributed by atoms with van der Waals surface area (Å²) in [4.78, 5) is 0. The Balaban J connectivity index is 2.47. The number of hydrogen-bond acceptors (Lipinski definition) is 2. The summed E-state index contributed by atoms with van der Waals surface area (Å²) in [6, 6.07) is 6.09. The normalized spacial score (nSPS) is 10.9. The minimum absolute atomic E-state index is 0.236. The van der Waals surface area contributed by atoms with Crippen LogP contribution in [-0.4, -0.2) is 23.4 Å². The van der Waals surface area contributed by atoms with Gasteiger partial charge in [-0.25, -0.2) is 0 Å². The van der Waals surface area contributed by atoms with Crippen LogP contribution in [0.15, 0.2) is 24.4 Å². The minimum atomic E-state index is 0.236. The fourth-order valence-electron chi connectivity index (χ4n) is 2.05. The van der Waals surface area contributed by atoms with Gasteiger partial charge in [-0.15, -0.1) is 0 Å². The summed E-state index contributed by atoms with van der Waals surface area (Å²) in [5, 5.41) is 10.1. The van der Waals surface area contributed by atoms with E-state index in [1.54, 1.807) is 7.11 Å². The van der Waals surface area contributed by atoms with Gasteiger partial charge in [0.1, 0.15) is 5.75 Å². The molecule has 16 heavy (non-hydrogen) atoms. The van der Waals surface area contributed by atoms with Crippen LogP contribution in [0.4, 0.5) is 0 Å². The third-order valence-electron chi connectivity index (χ3n) is 2.88. The highest BCUT2D eigenvalue weighted by Gasteiger charge is 2.07. The third kappa shape index (κ3) is 1.91. The number of aliphatic hydroxyl groups is 1. The molecule has 0 radical (unpaired) electrons. The quantitative estimate of drug-likeness (QED) is 0.854. The lowest BCUT2D eigenvalue weighted by atomic mass is 10.1. The molecule has 0 fully saturated rings. The number of nitrogens with zero attached hydrogens (tertiary/aromatic N) is 1. The Labute approximate surface area is 95.3 Å². The lowest BCUT2D eigenvalue weighted by Crippen LogP contribution is -1.88. The number of ether oxygens (including phenoxy) is 1. The highest BCUT2D eigenvalue weighted by molar-refractivity contribution is 5.85. The monoisotopic (exact) mass is 219 g/mol. The van der Waals surface area contributed by atoms with E-state index in [2.05, 4.69) is 22.9 Å². The maximum atomic E-state index is 8.88. The van der Waals surface area contributed by atoms with Crippen LogP contribution in [0.3, 0.4) is 0 Å². The van der Waals surface area contributed by atoms with Crippen molar-refractivity contribution in [3.05, 3.63) is 30.0 Å². The van der Waals surface area contributed by atoms with Gasteiger partial charge in [0.2, 0.25) is 0 Å². The van der Waals surface area contributed by atoms with Crippen LogP contribution in [0.5, 0.6) is 5.75 Å². The van der Waals surface area contributed by atoms with E-state index in [1.165, 1.54) is 16.5 Å².